The Morgan fingerprint density at radius 2 is 1.76 bits per heavy atom. The summed E-state index contributed by atoms with van der Waals surface area (Å²) in [6, 6.07) is 22.8. The molecule has 122 valence electrons. The summed E-state index contributed by atoms with van der Waals surface area (Å²) >= 11 is 0. The summed E-state index contributed by atoms with van der Waals surface area (Å²) < 4.78 is 0. The van der Waals surface area contributed by atoms with Gasteiger partial charge in [-0.1, -0.05) is 42.5 Å². The molecule has 4 nitrogen and oxygen atoms in total. The van der Waals surface area contributed by atoms with Crippen molar-refractivity contribution >= 4 is 5.91 Å². The van der Waals surface area contributed by atoms with E-state index in [0.717, 1.165) is 16.8 Å². The molecule has 0 saturated heterocycles. The predicted molar refractivity (Wildman–Crippen MR) is 96.7 cm³/mol. The van der Waals surface area contributed by atoms with E-state index >= 15 is 0 Å². The molecule has 0 radical (unpaired) electrons. The summed E-state index contributed by atoms with van der Waals surface area (Å²) in [5.41, 5.74) is 4.68. The van der Waals surface area contributed by atoms with Gasteiger partial charge < -0.3 is 5.32 Å². The normalized spacial score (nSPS) is 10.1. The highest BCUT2D eigenvalue weighted by molar-refractivity contribution is 5.95. The number of nitrogens with one attached hydrogen (secondary N) is 1. The van der Waals surface area contributed by atoms with Gasteiger partial charge in [0, 0.05) is 12.1 Å². The Balaban J connectivity index is 1.70. The number of pyridine rings is 1. The molecule has 4 heteroatoms. The standard InChI is InChI=1S/C21H17N3O/c1-15-19(11-12-20(24-15)18-5-3-2-4-6-18)21(25)23-14-17-9-7-16(13-22)8-10-17/h2-12H,14H2,1H3,(H,23,25). The highest BCUT2D eigenvalue weighted by Gasteiger charge is 2.11. The van der Waals surface area contributed by atoms with Crippen LogP contribution in [0.2, 0.25) is 0 Å². The number of nitriles is 1. The minimum atomic E-state index is -0.158. The summed E-state index contributed by atoms with van der Waals surface area (Å²) in [5, 5.41) is 11.7. The van der Waals surface area contributed by atoms with Gasteiger partial charge in [0.15, 0.2) is 0 Å². The molecule has 0 aliphatic rings. The van der Waals surface area contributed by atoms with Crippen molar-refractivity contribution in [1.29, 1.82) is 5.26 Å². The average molecular weight is 327 g/mol. The Kier molecular flexibility index (Phi) is 4.87. The van der Waals surface area contributed by atoms with Gasteiger partial charge in [0.25, 0.3) is 5.91 Å². The first-order valence-electron chi connectivity index (χ1n) is 7.97. The van der Waals surface area contributed by atoms with E-state index in [4.69, 9.17) is 5.26 Å². The van der Waals surface area contributed by atoms with Gasteiger partial charge in [-0.2, -0.15) is 5.26 Å². The Bertz CT molecular complexity index is 926. The number of nitrogens with zero attached hydrogens (tertiary/aromatic N) is 2. The van der Waals surface area contributed by atoms with Gasteiger partial charge in [-0.05, 0) is 36.8 Å². The molecule has 0 bridgehead atoms. The highest BCUT2D eigenvalue weighted by atomic mass is 16.1. The maximum atomic E-state index is 12.4. The van der Waals surface area contributed by atoms with Crippen LogP contribution in [0.4, 0.5) is 0 Å². The Morgan fingerprint density at radius 3 is 2.40 bits per heavy atom. The molecule has 0 aliphatic heterocycles. The molecule has 1 heterocycles. The molecule has 0 saturated carbocycles. The maximum absolute atomic E-state index is 12.4. The number of carbonyl (C=O) groups excluding carboxylic acids is 1. The molecule has 2 aromatic carbocycles. The lowest BCUT2D eigenvalue weighted by Gasteiger charge is -2.09. The minimum Gasteiger partial charge on any atom is -0.348 e. The molecular weight excluding hydrogens is 310 g/mol. The van der Waals surface area contributed by atoms with Crippen LogP contribution < -0.4 is 5.32 Å². The lowest BCUT2D eigenvalue weighted by Crippen LogP contribution is -2.24. The minimum absolute atomic E-state index is 0.158. The van der Waals surface area contributed by atoms with Crippen molar-refractivity contribution in [3.05, 3.63) is 89.1 Å². The van der Waals surface area contributed by atoms with Crippen LogP contribution in [0.5, 0.6) is 0 Å². The summed E-state index contributed by atoms with van der Waals surface area (Å²) in [7, 11) is 0. The molecule has 0 atom stereocenters. The second-order valence-corrected chi connectivity index (χ2v) is 5.69. The van der Waals surface area contributed by atoms with Crippen LogP contribution in [0.3, 0.4) is 0 Å². The fourth-order valence-corrected chi connectivity index (χ4v) is 2.55. The zero-order valence-electron chi connectivity index (χ0n) is 13.9. The fourth-order valence-electron chi connectivity index (χ4n) is 2.55. The highest BCUT2D eigenvalue weighted by Crippen LogP contribution is 2.18. The van der Waals surface area contributed by atoms with E-state index in [1.165, 1.54) is 0 Å². The van der Waals surface area contributed by atoms with E-state index in [1.807, 2.05) is 55.5 Å². The number of aryl methyl sites for hydroxylation is 1. The monoisotopic (exact) mass is 327 g/mol. The van der Waals surface area contributed by atoms with E-state index in [2.05, 4.69) is 16.4 Å². The van der Waals surface area contributed by atoms with Crippen LogP contribution in [-0.2, 0) is 6.54 Å². The average Bonchev–Trinajstić information content (AvgIpc) is 2.67. The van der Waals surface area contributed by atoms with Gasteiger partial charge in [-0.25, -0.2) is 0 Å². The third-order valence-electron chi connectivity index (χ3n) is 3.94. The van der Waals surface area contributed by atoms with Crippen molar-refractivity contribution in [2.24, 2.45) is 0 Å². The SMILES string of the molecule is Cc1nc(-c2ccccc2)ccc1C(=O)NCc1ccc(C#N)cc1. The van der Waals surface area contributed by atoms with Gasteiger partial charge in [0.1, 0.15) is 0 Å². The van der Waals surface area contributed by atoms with Crippen LogP contribution in [-0.4, -0.2) is 10.9 Å². The molecule has 25 heavy (non-hydrogen) atoms. The topological polar surface area (TPSA) is 65.8 Å². The smallest absolute Gasteiger partial charge is 0.253 e. The first-order chi connectivity index (χ1) is 12.2. The quantitative estimate of drug-likeness (QED) is 0.791. The lowest BCUT2D eigenvalue weighted by molar-refractivity contribution is 0.0950. The van der Waals surface area contributed by atoms with Gasteiger partial charge in [0.05, 0.1) is 28.6 Å². The van der Waals surface area contributed by atoms with E-state index in [-0.39, 0.29) is 5.91 Å². The molecule has 1 aromatic heterocycles. The van der Waals surface area contributed by atoms with Gasteiger partial charge in [-0.3, -0.25) is 9.78 Å². The molecule has 0 spiro atoms. The van der Waals surface area contributed by atoms with E-state index in [9.17, 15) is 4.79 Å². The Hall–Kier alpha value is -3.45. The second kappa shape index (κ2) is 7.41. The fraction of sp³-hybridized carbons (Fsp3) is 0.0952. The molecule has 3 rings (SSSR count). The zero-order chi connectivity index (χ0) is 17.6. The maximum Gasteiger partial charge on any atom is 0.253 e. The molecule has 0 aliphatic carbocycles. The first-order valence-corrected chi connectivity index (χ1v) is 7.97. The number of hydrogen-bond acceptors (Lipinski definition) is 3. The second-order valence-electron chi connectivity index (χ2n) is 5.69. The molecule has 1 amide bonds. The van der Waals surface area contributed by atoms with Crippen molar-refractivity contribution < 1.29 is 4.79 Å². The van der Waals surface area contributed by atoms with Gasteiger partial charge in [0.2, 0.25) is 0 Å². The number of carbonyl (C=O) groups is 1. The van der Waals surface area contributed by atoms with E-state index in [1.54, 1.807) is 18.2 Å². The van der Waals surface area contributed by atoms with Crippen molar-refractivity contribution in [3.8, 4) is 17.3 Å². The largest absolute Gasteiger partial charge is 0.348 e. The third kappa shape index (κ3) is 3.91. The number of aromatic nitrogens is 1. The molecular formula is C21H17N3O. The number of hydrogen-bond donors (Lipinski definition) is 1. The molecule has 3 aromatic rings. The van der Waals surface area contributed by atoms with Gasteiger partial charge in [-0.15, -0.1) is 0 Å². The van der Waals surface area contributed by atoms with Crippen LogP contribution in [0.25, 0.3) is 11.3 Å². The van der Waals surface area contributed by atoms with E-state index in [0.29, 0.717) is 23.4 Å². The van der Waals surface area contributed by atoms with Crippen LogP contribution >= 0.6 is 0 Å². The number of amides is 1. The third-order valence-corrected chi connectivity index (χ3v) is 3.94. The van der Waals surface area contributed by atoms with Crippen molar-refractivity contribution in [1.82, 2.24) is 10.3 Å². The van der Waals surface area contributed by atoms with E-state index < -0.39 is 0 Å². The molecule has 0 unspecified atom stereocenters. The van der Waals surface area contributed by atoms with Crippen LogP contribution in [0.1, 0.15) is 27.2 Å². The number of rotatable bonds is 4. The first kappa shape index (κ1) is 16.4. The summed E-state index contributed by atoms with van der Waals surface area (Å²) in [5.74, 6) is -0.158. The summed E-state index contributed by atoms with van der Waals surface area (Å²) in [6.45, 7) is 2.24. The zero-order valence-corrected chi connectivity index (χ0v) is 13.9. The summed E-state index contributed by atoms with van der Waals surface area (Å²) in [4.78, 5) is 17.0. The van der Waals surface area contributed by atoms with Crippen LogP contribution in [0, 0.1) is 18.3 Å². The Labute approximate surface area is 146 Å². The lowest BCUT2D eigenvalue weighted by atomic mass is 10.1. The molecule has 1 N–H and O–H groups in total. The molecule has 0 fully saturated rings. The van der Waals surface area contributed by atoms with Crippen molar-refractivity contribution in [2.75, 3.05) is 0 Å². The van der Waals surface area contributed by atoms with Crippen molar-refractivity contribution in [3.63, 3.8) is 0 Å². The summed E-state index contributed by atoms with van der Waals surface area (Å²) in [6.07, 6.45) is 0. The van der Waals surface area contributed by atoms with Gasteiger partial charge >= 0.3 is 0 Å². The van der Waals surface area contributed by atoms with Crippen molar-refractivity contribution in [2.45, 2.75) is 13.5 Å². The Morgan fingerprint density at radius 1 is 1.04 bits per heavy atom. The predicted octanol–water partition coefficient (Wildman–Crippen LogP) is 3.86. The van der Waals surface area contributed by atoms with Crippen LogP contribution in [0.15, 0.2) is 66.7 Å². The number of benzene rings is 2.